The molecule has 2 aromatic rings. The van der Waals surface area contributed by atoms with E-state index in [2.05, 4.69) is 0 Å². The molecule has 2 aliphatic heterocycles. The molecule has 10 heteroatoms. The van der Waals surface area contributed by atoms with E-state index < -0.39 is 10.0 Å². The molecule has 2 aliphatic rings. The van der Waals surface area contributed by atoms with Crippen molar-refractivity contribution in [1.29, 1.82) is 0 Å². The van der Waals surface area contributed by atoms with Gasteiger partial charge in [0.1, 0.15) is 0 Å². The first-order chi connectivity index (χ1) is 15.8. The highest BCUT2D eigenvalue weighted by Gasteiger charge is 2.31. The third-order valence-corrected chi connectivity index (χ3v) is 7.91. The summed E-state index contributed by atoms with van der Waals surface area (Å²) in [6.45, 7) is 1.67. The Morgan fingerprint density at radius 3 is 2.12 bits per heavy atom. The highest BCUT2D eigenvalue weighted by Crippen LogP contribution is 2.31. The van der Waals surface area contributed by atoms with E-state index in [4.69, 9.17) is 9.47 Å². The van der Waals surface area contributed by atoms with Crippen LogP contribution in [0.15, 0.2) is 47.4 Å². The van der Waals surface area contributed by atoms with E-state index in [1.807, 2.05) is 0 Å². The maximum Gasteiger partial charge on any atom is 0.253 e. The molecule has 2 amide bonds. The third kappa shape index (κ3) is 4.53. The van der Waals surface area contributed by atoms with E-state index in [1.54, 1.807) is 40.1 Å². The van der Waals surface area contributed by atoms with Crippen molar-refractivity contribution < 1.29 is 27.5 Å². The predicted octanol–water partition coefficient (Wildman–Crippen LogP) is 1.98. The second-order valence-electron chi connectivity index (χ2n) is 7.91. The number of hydrogen-bond donors (Lipinski definition) is 0. The van der Waals surface area contributed by atoms with E-state index in [9.17, 15) is 18.0 Å². The molecule has 0 unspecified atom stereocenters. The Labute approximate surface area is 193 Å². The van der Waals surface area contributed by atoms with Crippen LogP contribution in [0.25, 0.3) is 0 Å². The largest absolute Gasteiger partial charge is 0.493 e. The smallest absolute Gasteiger partial charge is 0.253 e. The van der Waals surface area contributed by atoms with Crippen molar-refractivity contribution in [1.82, 2.24) is 9.21 Å². The molecule has 0 spiro atoms. The summed E-state index contributed by atoms with van der Waals surface area (Å²) in [6.07, 6.45) is 1.40. The number of nitrogens with zero attached hydrogens (tertiary/aromatic N) is 3. The van der Waals surface area contributed by atoms with E-state index in [1.165, 1.54) is 30.7 Å². The highest BCUT2D eigenvalue weighted by atomic mass is 32.2. The van der Waals surface area contributed by atoms with Gasteiger partial charge in [0.05, 0.1) is 19.1 Å². The Balaban J connectivity index is 1.41. The Bertz CT molecular complexity index is 1140. The monoisotopic (exact) mass is 473 g/mol. The van der Waals surface area contributed by atoms with Crippen molar-refractivity contribution in [2.75, 3.05) is 51.8 Å². The third-order valence-electron chi connectivity index (χ3n) is 6.02. The molecule has 2 heterocycles. The number of hydrogen-bond acceptors (Lipinski definition) is 6. The number of carbonyl (C=O) groups is 2. The molecule has 2 fully saturated rings. The van der Waals surface area contributed by atoms with Gasteiger partial charge in [-0.1, -0.05) is 0 Å². The minimum atomic E-state index is -3.73. The summed E-state index contributed by atoms with van der Waals surface area (Å²) in [4.78, 5) is 28.3. The van der Waals surface area contributed by atoms with Crippen LogP contribution in [0, 0.1) is 0 Å². The number of benzene rings is 2. The fraction of sp³-hybridized carbons (Fsp3) is 0.391. The van der Waals surface area contributed by atoms with E-state index in [-0.39, 0.29) is 42.9 Å². The number of rotatable bonds is 6. The van der Waals surface area contributed by atoms with Gasteiger partial charge in [-0.15, -0.1) is 0 Å². The van der Waals surface area contributed by atoms with Gasteiger partial charge >= 0.3 is 0 Å². The predicted molar refractivity (Wildman–Crippen MR) is 122 cm³/mol. The zero-order valence-electron chi connectivity index (χ0n) is 18.7. The van der Waals surface area contributed by atoms with Crippen LogP contribution in [0.1, 0.15) is 23.2 Å². The number of ether oxygens (including phenoxy) is 2. The van der Waals surface area contributed by atoms with Crippen molar-refractivity contribution in [3.63, 3.8) is 0 Å². The van der Waals surface area contributed by atoms with Crippen LogP contribution in [-0.4, -0.2) is 76.4 Å². The summed E-state index contributed by atoms with van der Waals surface area (Å²) >= 11 is 0. The molecule has 0 saturated carbocycles. The van der Waals surface area contributed by atoms with Gasteiger partial charge in [-0.25, -0.2) is 8.42 Å². The molecule has 2 aromatic carbocycles. The van der Waals surface area contributed by atoms with E-state index in [0.29, 0.717) is 30.0 Å². The SMILES string of the molecule is COc1ccc(S(=O)(=O)N2CCN(C(=O)c3ccc(N4CCCC4=O)cc3)CC2)cc1OC. The highest BCUT2D eigenvalue weighted by molar-refractivity contribution is 7.89. The Hall–Kier alpha value is -3.11. The Morgan fingerprint density at radius 1 is 0.879 bits per heavy atom. The van der Waals surface area contributed by atoms with Gasteiger partial charge in [-0.2, -0.15) is 4.31 Å². The quantitative estimate of drug-likeness (QED) is 0.637. The van der Waals surface area contributed by atoms with Crippen molar-refractivity contribution in [3.05, 3.63) is 48.0 Å². The topological polar surface area (TPSA) is 96.5 Å². The Kier molecular flexibility index (Phi) is 6.57. The lowest BCUT2D eigenvalue weighted by molar-refractivity contribution is -0.117. The molecule has 9 nitrogen and oxygen atoms in total. The molecule has 0 N–H and O–H groups in total. The lowest BCUT2D eigenvalue weighted by atomic mass is 10.1. The zero-order valence-corrected chi connectivity index (χ0v) is 19.5. The van der Waals surface area contributed by atoms with Crippen LogP contribution >= 0.6 is 0 Å². The van der Waals surface area contributed by atoms with Crippen molar-refractivity contribution >= 4 is 27.5 Å². The van der Waals surface area contributed by atoms with E-state index >= 15 is 0 Å². The number of sulfonamides is 1. The summed E-state index contributed by atoms with van der Waals surface area (Å²) < 4.78 is 37.9. The van der Waals surface area contributed by atoms with Gasteiger partial charge in [-0.3, -0.25) is 9.59 Å². The summed E-state index contributed by atoms with van der Waals surface area (Å²) in [6, 6.07) is 11.5. The van der Waals surface area contributed by atoms with Gasteiger partial charge in [0.25, 0.3) is 5.91 Å². The van der Waals surface area contributed by atoms with Crippen LogP contribution in [0.4, 0.5) is 5.69 Å². The molecule has 0 atom stereocenters. The first kappa shape index (κ1) is 23.1. The summed E-state index contributed by atoms with van der Waals surface area (Å²) in [5, 5.41) is 0. The molecule has 0 aliphatic carbocycles. The van der Waals surface area contributed by atoms with Crippen LogP contribution in [0.2, 0.25) is 0 Å². The molecule has 0 radical (unpaired) electrons. The van der Waals surface area contributed by atoms with Crippen LogP contribution in [-0.2, 0) is 14.8 Å². The number of piperazine rings is 1. The first-order valence-electron chi connectivity index (χ1n) is 10.8. The van der Waals surface area contributed by atoms with Crippen LogP contribution in [0.5, 0.6) is 11.5 Å². The minimum absolute atomic E-state index is 0.0980. The molecule has 2 saturated heterocycles. The molecular weight excluding hydrogens is 446 g/mol. The fourth-order valence-electron chi connectivity index (χ4n) is 4.15. The maximum absolute atomic E-state index is 13.1. The summed E-state index contributed by atoms with van der Waals surface area (Å²) in [5.41, 5.74) is 1.31. The molecule has 0 bridgehead atoms. The van der Waals surface area contributed by atoms with Gasteiger partial charge in [0.2, 0.25) is 15.9 Å². The normalized spacial score (nSPS) is 17.3. The standard InChI is InChI=1S/C23H27N3O6S/c1-31-20-10-9-19(16-21(20)32-2)33(29,30)25-14-12-24(13-15-25)23(28)17-5-7-18(8-6-17)26-11-3-4-22(26)27/h5-10,16H,3-4,11-15H2,1-2H3. The lowest BCUT2D eigenvalue weighted by Crippen LogP contribution is -2.50. The van der Waals surface area contributed by atoms with Crippen molar-refractivity contribution in [3.8, 4) is 11.5 Å². The van der Waals surface area contributed by atoms with Crippen molar-refractivity contribution in [2.45, 2.75) is 17.7 Å². The average Bonchev–Trinajstić information content (AvgIpc) is 3.29. The van der Waals surface area contributed by atoms with Gasteiger partial charge in [0, 0.05) is 56.5 Å². The molecule has 176 valence electrons. The van der Waals surface area contributed by atoms with Crippen LogP contribution in [0.3, 0.4) is 0 Å². The second-order valence-corrected chi connectivity index (χ2v) is 9.85. The van der Waals surface area contributed by atoms with Crippen molar-refractivity contribution in [2.24, 2.45) is 0 Å². The second kappa shape index (κ2) is 9.40. The summed E-state index contributed by atoms with van der Waals surface area (Å²) in [5.74, 6) is 0.733. The molecule has 4 rings (SSSR count). The molecule has 0 aromatic heterocycles. The Morgan fingerprint density at radius 2 is 1.55 bits per heavy atom. The van der Waals surface area contributed by atoms with Gasteiger partial charge in [-0.05, 0) is 42.8 Å². The molecular formula is C23H27N3O6S. The van der Waals surface area contributed by atoms with Crippen LogP contribution < -0.4 is 14.4 Å². The number of anilines is 1. The van der Waals surface area contributed by atoms with Gasteiger partial charge < -0.3 is 19.3 Å². The fourth-order valence-corrected chi connectivity index (χ4v) is 5.58. The number of amides is 2. The maximum atomic E-state index is 13.1. The molecule has 33 heavy (non-hydrogen) atoms. The zero-order chi connectivity index (χ0) is 23.6. The minimum Gasteiger partial charge on any atom is -0.493 e. The van der Waals surface area contributed by atoms with Gasteiger partial charge in [0.15, 0.2) is 11.5 Å². The number of carbonyl (C=O) groups excluding carboxylic acids is 2. The first-order valence-corrected chi connectivity index (χ1v) is 12.2. The average molecular weight is 474 g/mol. The van der Waals surface area contributed by atoms with E-state index in [0.717, 1.165) is 12.1 Å². The summed E-state index contributed by atoms with van der Waals surface area (Å²) in [7, 11) is -0.791. The lowest BCUT2D eigenvalue weighted by Gasteiger charge is -2.34. The number of methoxy groups -OCH3 is 2.